The van der Waals surface area contributed by atoms with Crippen LogP contribution in [0.3, 0.4) is 0 Å². The summed E-state index contributed by atoms with van der Waals surface area (Å²) in [6.07, 6.45) is 1.44. The van der Waals surface area contributed by atoms with E-state index in [1.165, 1.54) is 55.7 Å². The molecule has 3 rings (SSSR count). The number of rotatable bonds is 7. The van der Waals surface area contributed by atoms with E-state index in [2.05, 4.69) is 4.74 Å². The molecule has 0 saturated carbocycles. The fourth-order valence-electron chi connectivity index (χ4n) is 2.72. The number of hydrogen-bond acceptors (Lipinski definition) is 10. The Labute approximate surface area is 191 Å². The molecular formula is C21H16N2O9S. The summed E-state index contributed by atoms with van der Waals surface area (Å²) in [5.74, 6) is -1.85. The highest BCUT2D eigenvalue weighted by molar-refractivity contribution is 8.18. The number of nitro groups is 1. The Balaban J connectivity index is 1.77. The number of imide groups is 1. The van der Waals surface area contributed by atoms with Gasteiger partial charge < -0.3 is 14.2 Å². The lowest BCUT2D eigenvalue weighted by atomic mass is 10.1. The number of amides is 2. The molecule has 2 amide bonds. The van der Waals surface area contributed by atoms with Crippen molar-refractivity contribution < 1.29 is 38.3 Å². The molecule has 1 aliphatic heterocycles. The Bertz CT molecular complexity index is 1170. The number of methoxy groups -OCH3 is 2. The molecule has 0 atom stereocenters. The van der Waals surface area contributed by atoms with Crippen LogP contribution in [0.4, 0.5) is 10.5 Å². The fraction of sp³-hybridized carbons (Fsp3) is 0.143. The van der Waals surface area contributed by atoms with Gasteiger partial charge in [0.2, 0.25) is 0 Å². The standard InChI is InChI=1S/C21H16N2O9S/c1-30-16-9-12(10-17-19(25)22(21(27)33-17)11-18(24)31-2)3-8-15(16)32-20(26)13-4-6-14(7-5-13)23(28)29/h3-10H,11H2,1-2H3/b17-10-. The first-order chi connectivity index (χ1) is 15.7. The van der Waals surface area contributed by atoms with Crippen LogP contribution in [-0.4, -0.2) is 53.7 Å². The molecule has 1 saturated heterocycles. The quantitative estimate of drug-likeness (QED) is 0.194. The van der Waals surface area contributed by atoms with Gasteiger partial charge in [-0.05, 0) is 47.7 Å². The van der Waals surface area contributed by atoms with E-state index in [0.717, 1.165) is 12.0 Å². The van der Waals surface area contributed by atoms with Gasteiger partial charge in [-0.2, -0.15) is 0 Å². The number of non-ortho nitro benzene ring substituents is 1. The Morgan fingerprint density at radius 3 is 2.39 bits per heavy atom. The van der Waals surface area contributed by atoms with Crippen molar-refractivity contribution in [1.29, 1.82) is 0 Å². The summed E-state index contributed by atoms with van der Waals surface area (Å²) in [6, 6.07) is 9.38. The minimum atomic E-state index is -0.750. The summed E-state index contributed by atoms with van der Waals surface area (Å²) in [5.41, 5.74) is 0.418. The van der Waals surface area contributed by atoms with Crippen LogP contribution in [0.25, 0.3) is 6.08 Å². The molecule has 2 aromatic carbocycles. The largest absolute Gasteiger partial charge is 0.493 e. The molecule has 0 aromatic heterocycles. The minimum Gasteiger partial charge on any atom is -0.493 e. The lowest BCUT2D eigenvalue weighted by molar-refractivity contribution is -0.384. The fourth-order valence-corrected chi connectivity index (χ4v) is 3.56. The maximum Gasteiger partial charge on any atom is 0.343 e. The second-order valence-electron chi connectivity index (χ2n) is 6.45. The van der Waals surface area contributed by atoms with E-state index < -0.39 is 34.6 Å². The maximum atomic E-state index is 12.4. The molecule has 0 spiro atoms. The lowest BCUT2D eigenvalue weighted by Gasteiger charge is -2.11. The van der Waals surface area contributed by atoms with Crippen molar-refractivity contribution in [3.63, 3.8) is 0 Å². The van der Waals surface area contributed by atoms with Gasteiger partial charge in [-0.25, -0.2) is 4.79 Å². The smallest absolute Gasteiger partial charge is 0.343 e. The van der Waals surface area contributed by atoms with Gasteiger partial charge >= 0.3 is 11.9 Å². The Morgan fingerprint density at radius 1 is 1.09 bits per heavy atom. The predicted molar refractivity (Wildman–Crippen MR) is 116 cm³/mol. The van der Waals surface area contributed by atoms with Gasteiger partial charge in [-0.15, -0.1) is 0 Å². The normalized spacial score (nSPS) is 14.4. The molecule has 1 fully saturated rings. The van der Waals surface area contributed by atoms with Crippen LogP contribution in [0.2, 0.25) is 0 Å². The monoisotopic (exact) mass is 472 g/mol. The number of nitrogens with zero attached hydrogens (tertiary/aromatic N) is 2. The molecule has 170 valence electrons. The van der Waals surface area contributed by atoms with E-state index in [0.29, 0.717) is 17.3 Å². The Kier molecular flexibility index (Phi) is 7.08. The van der Waals surface area contributed by atoms with Crippen molar-refractivity contribution in [2.45, 2.75) is 0 Å². The highest BCUT2D eigenvalue weighted by Gasteiger charge is 2.36. The number of ether oxygens (including phenoxy) is 3. The number of carbonyl (C=O) groups is 4. The van der Waals surface area contributed by atoms with E-state index in [9.17, 15) is 29.3 Å². The average Bonchev–Trinajstić information content (AvgIpc) is 3.07. The molecule has 0 radical (unpaired) electrons. The number of hydrogen-bond donors (Lipinski definition) is 0. The summed E-state index contributed by atoms with van der Waals surface area (Å²) >= 11 is 0.674. The predicted octanol–water partition coefficient (Wildman–Crippen LogP) is 3.03. The Hall–Kier alpha value is -4.19. The molecule has 1 heterocycles. The van der Waals surface area contributed by atoms with Crippen molar-refractivity contribution in [2.24, 2.45) is 0 Å². The summed E-state index contributed by atoms with van der Waals surface area (Å²) < 4.78 is 15.1. The molecule has 0 N–H and O–H groups in total. The summed E-state index contributed by atoms with van der Waals surface area (Å²) in [5, 5.41) is 10.1. The van der Waals surface area contributed by atoms with Crippen LogP contribution in [0.5, 0.6) is 11.5 Å². The summed E-state index contributed by atoms with van der Waals surface area (Å²) in [4.78, 5) is 59.2. The minimum absolute atomic E-state index is 0.0804. The maximum absolute atomic E-state index is 12.4. The van der Waals surface area contributed by atoms with Crippen molar-refractivity contribution in [1.82, 2.24) is 4.90 Å². The van der Waals surface area contributed by atoms with E-state index in [4.69, 9.17) is 9.47 Å². The van der Waals surface area contributed by atoms with Crippen molar-refractivity contribution in [3.8, 4) is 11.5 Å². The summed E-state index contributed by atoms with van der Waals surface area (Å²) in [7, 11) is 2.51. The second kappa shape index (κ2) is 9.96. The van der Waals surface area contributed by atoms with Crippen LogP contribution in [0.15, 0.2) is 47.4 Å². The SMILES string of the molecule is COC(=O)CN1C(=O)S/C(=C\c2ccc(OC(=O)c3ccc([N+](=O)[O-])cc3)c(OC)c2)C1=O. The van der Waals surface area contributed by atoms with E-state index in [-0.39, 0.29) is 27.7 Å². The van der Waals surface area contributed by atoms with E-state index in [1.54, 1.807) is 0 Å². The number of carbonyl (C=O) groups excluding carboxylic acids is 4. The molecule has 1 aliphatic rings. The number of thioether (sulfide) groups is 1. The third kappa shape index (κ3) is 5.36. The third-order valence-electron chi connectivity index (χ3n) is 4.39. The molecule has 0 unspecified atom stereocenters. The van der Waals surface area contributed by atoms with E-state index in [1.807, 2.05) is 0 Å². The topological polar surface area (TPSA) is 142 Å². The van der Waals surface area contributed by atoms with Gasteiger partial charge in [0, 0.05) is 12.1 Å². The molecule has 11 nitrogen and oxygen atoms in total. The number of esters is 2. The van der Waals surface area contributed by atoms with Gasteiger partial charge in [0.1, 0.15) is 6.54 Å². The zero-order chi connectivity index (χ0) is 24.1. The van der Waals surface area contributed by atoms with Crippen LogP contribution in [0.1, 0.15) is 15.9 Å². The lowest BCUT2D eigenvalue weighted by Crippen LogP contribution is -2.34. The van der Waals surface area contributed by atoms with Gasteiger partial charge in [0.15, 0.2) is 11.5 Å². The molecule has 2 aromatic rings. The van der Waals surface area contributed by atoms with Gasteiger partial charge in [0.05, 0.1) is 29.6 Å². The highest BCUT2D eigenvalue weighted by Crippen LogP contribution is 2.34. The molecule has 0 aliphatic carbocycles. The zero-order valence-electron chi connectivity index (χ0n) is 17.3. The van der Waals surface area contributed by atoms with Gasteiger partial charge in [0.25, 0.3) is 16.8 Å². The number of benzene rings is 2. The van der Waals surface area contributed by atoms with Crippen LogP contribution in [-0.2, 0) is 14.3 Å². The zero-order valence-corrected chi connectivity index (χ0v) is 18.1. The third-order valence-corrected chi connectivity index (χ3v) is 5.30. The van der Waals surface area contributed by atoms with Crippen molar-refractivity contribution in [2.75, 3.05) is 20.8 Å². The van der Waals surface area contributed by atoms with Crippen LogP contribution in [0, 0.1) is 10.1 Å². The van der Waals surface area contributed by atoms with E-state index >= 15 is 0 Å². The Morgan fingerprint density at radius 2 is 1.79 bits per heavy atom. The van der Waals surface area contributed by atoms with Crippen LogP contribution >= 0.6 is 11.8 Å². The molecule has 0 bridgehead atoms. The summed E-state index contributed by atoms with van der Waals surface area (Å²) in [6.45, 7) is -0.487. The second-order valence-corrected chi connectivity index (χ2v) is 7.44. The molecular weight excluding hydrogens is 456 g/mol. The van der Waals surface area contributed by atoms with Crippen LogP contribution < -0.4 is 9.47 Å². The molecule has 12 heteroatoms. The highest BCUT2D eigenvalue weighted by atomic mass is 32.2. The van der Waals surface area contributed by atoms with Gasteiger partial charge in [-0.3, -0.25) is 29.4 Å². The van der Waals surface area contributed by atoms with Crippen molar-refractivity contribution in [3.05, 3.63) is 68.6 Å². The van der Waals surface area contributed by atoms with Gasteiger partial charge in [-0.1, -0.05) is 6.07 Å². The molecule has 33 heavy (non-hydrogen) atoms. The first-order valence-electron chi connectivity index (χ1n) is 9.20. The van der Waals surface area contributed by atoms with Crippen molar-refractivity contribution >= 4 is 46.6 Å². The number of nitro benzene ring substituents is 1. The first-order valence-corrected chi connectivity index (χ1v) is 10.0. The average molecular weight is 472 g/mol. The first kappa shape index (κ1) is 23.5.